The maximum atomic E-state index is 9.53. The van der Waals surface area contributed by atoms with Gasteiger partial charge in [0.25, 0.3) is 0 Å². The molecule has 0 aromatic rings. The molecule has 0 radical (unpaired) electrons. The van der Waals surface area contributed by atoms with E-state index in [0.717, 1.165) is 38.5 Å². The second-order valence-corrected chi connectivity index (χ2v) is 3.17. The SMILES string of the molecule is CCCC[O-].CCCC[O-].CCCC[O-].[Pr+3]. The Kier molecular flexibility index (Phi) is 58.3. The number of hydrogen-bond donors (Lipinski definition) is 0. The van der Waals surface area contributed by atoms with Gasteiger partial charge >= 0.3 is 41.3 Å². The van der Waals surface area contributed by atoms with Gasteiger partial charge in [-0.3, -0.25) is 0 Å². The average Bonchev–Trinajstić information content (AvgIpc) is 2.23. The van der Waals surface area contributed by atoms with E-state index in [0.29, 0.717) is 0 Å². The Bertz CT molecular complexity index is 53.0. The molecule has 0 aromatic heterocycles. The molecule has 0 aliphatic heterocycles. The molecule has 0 heterocycles. The Balaban J connectivity index is -0.0000000655. The molecule has 0 spiro atoms. The Morgan fingerprint density at radius 3 is 0.750 bits per heavy atom. The first-order valence-electron chi connectivity index (χ1n) is 5.99. The van der Waals surface area contributed by atoms with Crippen molar-refractivity contribution in [3.05, 3.63) is 0 Å². The molecule has 4 heteroatoms. The van der Waals surface area contributed by atoms with Crippen LogP contribution in [0.15, 0.2) is 0 Å². The average molecular weight is 360 g/mol. The molecule has 0 aliphatic rings. The van der Waals surface area contributed by atoms with Crippen molar-refractivity contribution in [3.8, 4) is 0 Å². The predicted molar refractivity (Wildman–Crippen MR) is 59.3 cm³/mol. The molecule has 0 N–H and O–H groups in total. The molecule has 0 aliphatic carbocycles. The van der Waals surface area contributed by atoms with Gasteiger partial charge in [0.05, 0.1) is 0 Å². The quantitative estimate of drug-likeness (QED) is 0.690. The van der Waals surface area contributed by atoms with Gasteiger partial charge in [0.2, 0.25) is 0 Å². The van der Waals surface area contributed by atoms with E-state index >= 15 is 0 Å². The van der Waals surface area contributed by atoms with Crippen LogP contribution < -0.4 is 15.3 Å². The molecule has 3 nitrogen and oxygen atoms in total. The van der Waals surface area contributed by atoms with Gasteiger partial charge in [0.1, 0.15) is 0 Å². The summed E-state index contributed by atoms with van der Waals surface area (Å²) in [6.45, 7) is 6.32. The second kappa shape index (κ2) is 36.0. The number of rotatable bonds is 6. The Morgan fingerprint density at radius 2 is 0.750 bits per heavy atom. The van der Waals surface area contributed by atoms with Gasteiger partial charge in [0.15, 0.2) is 0 Å². The van der Waals surface area contributed by atoms with Crippen LogP contribution in [0.3, 0.4) is 0 Å². The molecule has 0 aromatic carbocycles. The van der Waals surface area contributed by atoms with Crippen molar-refractivity contribution in [2.24, 2.45) is 0 Å². The molecule has 0 saturated carbocycles. The fraction of sp³-hybridized carbons (Fsp3) is 1.00. The summed E-state index contributed by atoms with van der Waals surface area (Å²) in [6, 6.07) is 0. The van der Waals surface area contributed by atoms with Crippen LogP contribution in [0.5, 0.6) is 0 Å². The van der Waals surface area contributed by atoms with Crippen LogP contribution in [0, 0.1) is 41.3 Å². The Labute approximate surface area is 135 Å². The zero-order valence-electron chi connectivity index (χ0n) is 11.2. The van der Waals surface area contributed by atoms with Crippen molar-refractivity contribution in [2.45, 2.75) is 59.3 Å². The van der Waals surface area contributed by atoms with E-state index in [2.05, 4.69) is 0 Å². The van der Waals surface area contributed by atoms with E-state index in [1.165, 1.54) is 0 Å². The van der Waals surface area contributed by atoms with Gasteiger partial charge in [-0.2, -0.15) is 0 Å². The molecule has 96 valence electrons. The van der Waals surface area contributed by atoms with Gasteiger partial charge in [-0.15, -0.1) is 19.8 Å². The van der Waals surface area contributed by atoms with Crippen LogP contribution in [0.2, 0.25) is 0 Å². The van der Waals surface area contributed by atoms with Crippen molar-refractivity contribution in [3.63, 3.8) is 0 Å². The van der Waals surface area contributed by atoms with E-state index < -0.39 is 0 Å². The third-order valence-corrected chi connectivity index (χ3v) is 1.49. The first kappa shape index (κ1) is 25.9. The van der Waals surface area contributed by atoms with Crippen LogP contribution >= 0.6 is 0 Å². The zero-order valence-corrected chi connectivity index (χ0v) is 14.9. The fourth-order valence-corrected chi connectivity index (χ4v) is 0.433. The van der Waals surface area contributed by atoms with Crippen molar-refractivity contribution in [1.29, 1.82) is 0 Å². The van der Waals surface area contributed by atoms with E-state index in [1.807, 2.05) is 20.8 Å². The van der Waals surface area contributed by atoms with Crippen LogP contribution in [-0.2, 0) is 0 Å². The monoisotopic (exact) mass is 360 g/mol. The van der Waals surface area contributed by atoms with Crippen molar-refractivity contribution in [1.82, 2.24) is 0 Å². The molecule has 0 atom stereocenters. The van der Waals surface area contributed by atoms with Crippen molar-refractivity contribution < 1.29 is 56.6 Å². The standard InChI is InChI=1S/3C4H9O.Pr/c3*1-2-3-4-5;/h3*2-4H2,1H3;/q3*-1;+3. The molecule has 0 rings (SSSR count). The van der Waals surface area contributed by atoms with Gasteiger partial charge in [-0.05, 0) is 0 Å². The second-order valence-electron chi connectivity index (χ2n) is 3.17. The third-order valence-electron chi connectivity index (χ3n) is 1.49. The summed E-state index contributed by atoms with van der Waals surface area (Å²) in [4.78, 5) is 0. The first-order valence-corrected chi connectivity index (χ1v) is 5.99. The van der Waals surface area contributed by atoms with Crippen LogP contribution in [0.1, 0.15) is 59.3 Å². The molecular formula is C12H27O3Pr. The Hall–Kier alpha value is 1.24. The van der Waals surface area contributed by atoms with Crippen LogP contribution in [0.25, 0.3) is 0 Å². The number of unbranched alkanes of at least 4 members (excludes halogenated alkanes) is 3. The fourth-order valence-electron chi connectivity index (χ4n) is 0.433. The minimum absolute atomic E-state index is 0. The number of hydrogen-bond acceptors (Lipinski definition) is 3. The van der Waals surface area contributed by atoms with Crippen LogP contribution in [0.4, 0.5) is 0 Å². The smallest absolute Gasteiger partial charge is 0.854 e. The molecule has 16 heavy (non-hydrogen) atoms. The zero-order chi connectivity index (χ0) is 12.4. The summed E-state index contributed by atoms with van der Waals surface area (Å²) in [7, 11) is 0. The molecule has 0 bridgehead atoms. The van der Waals surface area contributed by atoms with E-state index in [9.17, 15) is 15.3 Å². The van der Waals surface area contributed by atoms with E-state index in [-0.39, 0.29) is 61.1 Å². The van der Waals surface area contributed by atoms with Gasteiger partial charge in [-0.25, -0.2) is 0 Å². The van der Waals surface area contributed by atoms with Crippen molar-refractivity contribution >= 4 is 0 Å². The van der Waals surface area contributed by atoms with Crippen LogP contribution in [-0.4, -0.2) is 19.8 Å². The van der Waals surface area contributed by atoms with Crippen molar-refractivity contribution in [2.75, 3.05) is 19.8 Å². The maximum absolute atomic E-state index is 9.53. The summed E-state index contributed by atoms with van der Waals surface area (Å²) in [5.41, 5.74) is 0. The van der Waals surface area contributed by atoms with E-state index in [1.54, 1.807) is 0 Å². The van der Waals surface area contributed by atoms with E-state index in [4.69, 9.17) is 0 Å². The van der Waals surface area contributed by atoms with Gasteiger partial charge in [-0.1, -0.05) is 59.3 Å². The minimum atomic E-state index is 0. The summed E-state index contributed by atoms with van der Waals surface area (Å²) < 4.78 is 0. The molecule has 0 unspecified atom stereocenters. The Morgan fingerprint density at radius 1 is 0.562 bits per heavy atom. The van der Waals surface area contributed by atoms with Gasteiger partial charge < -0.3 is 15.3 Å². The normalized spacial score (nSPS) is 7.88. The maximum Gasteiger partial charge on any atom is 3.00 e. The largest absolute Gasteiger partial charge is 3.00 e. The summed E-state index contributed by atoms with van der Waals surface area (Å²) in [5.74, 6) is 0. The minimum Gasteiger partial charge on any atom is -0.854 e. The van der Waals surface area contributed by atoms with Gasteiger partial charge in [0, 0.05) is 0 Å². The topological polar surface area (TPSA) is 69.2 Å². The predicted octanol–water partition coefficient (Wildman–Crippen LogP) is 0.440. The molecule has 0 saturated heterocycles. The molecule has 0 amide bonds. The third kappa shape index (κ3) is 58.9. The molecule has 0 fully saturated rings. The summed E-state index contributed by atoms with van der Waals surface area (Å²) >= 11 is 0. The summed E-state index contributed by atoms with van der Waals surface area (Å²) in [6.07, 6.45) is 5.59. The summed E-state index contributed by atoms with van der Waals surface area (Å²) in [5, 5.41) is 28.6. The first-order chi connectivity index (χ1) is 7.24. The molecular weight excluding hydrogens is 333 g/mol.